The molecule has 0 aromatic heterocycles. The number of methoxy groups -OCH3 is 2. The summed E-state index contributed by atoms with van der Waals surface area (Å²) in [6.07, 6.45) is 1.50. The van der Waals surface area contributed by atoms with Crippen LogP contribution in [0.1, 0.15) is 43.7 Å². The first-order valence-corrected chi connectivity index (χ1v) is 10.3. The van der Waals surface area contributed by atoms with Gasteiger partial charge in [0, 0.05) is 18.2 Å². The van der Waals surface area contributed by atoms with Gasteiger partial charge in [0.1, 0.15) is 0 Å². The number of nitrogens with zero attached hydrogens (tertiary/aromatic N) is 1. The van der Waals surface area contributed by atoms with Gasteiger partial charge >= 0.3 is 5.97 Å². The Morgan fingerprint density at radius 1 is 1.10 bits per heavy atom. The molecule has 6 nitrogen and oxygen atoms in total. The third kappa shape index (κ3) is 4.42. The number of hydrogen-bond donors (Lipinski definition) is 0. The van der Waals surface area contributed by atoms with Crippen LogP contribution in [0.3, 0.4) is 0 Å². The quantitative estimate of drug-likeness (QED) is 0.642. The number of ether oxygens (including phenoxy) is 3. The fourth-order valence-electron chi connectivity index (χ4n) is 4.07. The van der Waals surface area contributed by atoms with Gasteiger partial charge in [-0.2, -0.15) is 0 Å². The molecule has 30 heavy (non-hydrogen) atoms. The lowest BCUT2D eigenvalue weighted by molar-refractivity contribution is -0.143. The maximum atomic E-state index is 13.2. The van der Waals surface area contributed by atoms with Gasteiger partial charge in [-0.3, -0.25) is 9.59 Å². The molecule has 0 radical (unpaired) electrons. The van der Waals surface area contributed by atoms with E-state index in [-0.39, 0.29) is 23.8 Å². The highest BCUT2D eigenvalue weighted by atomic mass is 16.5. The van der Waals surface area contributed by atoms with Gasteiger partial charge < -0.3 is 19.1 Å². The smallest absolute Gasteiger partial charge is 0.313 e. The summed E-state index contributed by atoms with van der Waals surface area (Å²) in [5, 5.41) is 0. The third-order valence-electron chi connectivity index (χ3n) is 5.50. The Hall–Kier alpha value is -3.02. The molecule has 0 fully saturated rings. The molecule has 0 aliphatic carbocycles. The molecule has 0 bridgehead atoms. The van der Waals surface area contributed by atoms with Crippen LogP contribution in [0.5, 0.6) is 11.5 Å². The Balaban J connectivity index is 1.77. The SMILES string of the molecule is CCOc1ccc(CCC(=O)N2c3ccccc3C(C(=O)OC)CC2C)cc1OC. The van der Waals surface area contributed by atoms with Crippen molar-refractivity contribution in [2.24, 2.45) is 0 Å². The van der Waals surface area contributed by atoms with Crippen LogP contribution in [-0.4, -0.2) is 38.7 Å². The van der Waals surface area contributed by atoms with E-state index in [1.807, 2.05) is 61.2 Å². The molecule has 2 aromatic rings. The van der Waals surface area contributed by atoms with E-state index < -0.39 is 0 Å². The largest absolute Gasteiger partial charge is 0.493 e. The van der Waals surface area contributed by atoms with Crippen molar-refractivity contribution < 1.29 is 23.8 Å². The van der Waals surface area contributed by atoms with E-state index in [9.17, 15) is 9.59 Å². The fraction of sp³-hybridized carbons (Fsp3) is 0.417. The van der Waals surface area contributed by atoms with E-state index in [0.29, 0.717) is 37.4 Å². The summed E-state index contributed by atoms with van der Waals surface area (Å²) in [5.74, 6) is 0.788. The number of fused-ring (bicyclic) bond motifs is 1. The summed E-state index contributed by atoms with van der Waals surface area (Å²) < 4.78 is 15.9. The maximum Gasteiger partial charge on any atom is 0.313 e. The van der Waals surface area contributed by atoms with E-state index in [1.54, 1.807) is 7.11 Å². The van der Waals surface area contributed by atoms with E-state index in [0.717, 1.165) is 16.8 Å². The first-order valence-electron chi connectivity index (χ1n) is 10.3. The van der Waals surface area contributed by atoms with E-state index in [2.05, 4.69) is 0 Å². The molecule has 0 saturated heterocycles. The number of esters is 1. The van der Waals surface area contributed by atoms with Crippen LogP contribution in [0, 0.1) is 0 Å². The van der Waals surface area contributed by atoms with Crippen LogP contribution in [0.25, 0.3) is 0 Å². The van der Waals surface area contributed by atoms with Crippen molar-refractivity contribution in [3.63, 3.8) is 0 Å². The topological polar surface area (TPSA) is 65.1 Å². The van der Waals surface area contributed by atoms with Crippen molar-refractivity contribution >= 4 is 17.6 Å². The Morgan fingerprint density at radius 2 is 1.87 bits per heavy atom. The van der Waals surface area contributed by atoms with Crippen LogP contribution < -0.4 is 14.4 Å². The lowest BCUT2D eigenvalue weighted by atomic mass is 9.85. The summed E-state index contributed by atoms with van der Waals surface area (Å²) in [4.78, 5) is 27.2. The van der Waals surface area contributed by atoms with Gasteiger partial charge in [-0.1, -0.05) is 24.3 Å². The number of aryl methyl sites for hydroxylation is 1. The van der Waals surface area contributed by atoms with Crippen LogP contribution in [0.2, 0.25) is 0 Å². The molecule has 2 unspecified atom stereocenters. The molecule has 1 amide bonds. The second-order valence-electron chi connectivity index (χ2n) is 7.40. The third-order valence-corrected chi connectivity index (χ3v) is 5.50. The highest BCUT2D eigenvalue weighted by Crippen LogP contribution is 2.39. The zero-order valence-electron chi connectivity index (χ0n) is 18.0. The summed E-state index contributed by atoms with van der Waals surface area (Å²) >= 11 is 0. The Bertz CT molecular complexity index is 910. The number of rotatable bonds is 7. The Labute approximate surface area is 177 Å². The minimum absolute atomic E-state index is 0.0334. The molecule has 2 aromatic carbocycles. The van der Waals surface area contributed by atoms with Gasteiger partial charge in [0.05, 0.1) is 26.7 Å². The number of carbonyl (C=O) groups is 2. The normalized spacial score (nSPS) is 17.8. The van der Waals surface area contributed by atoms with Crippen molar-refractivity contribution in [3.8, 4) is 11.5 Å². The van der Waals surface area contributed by atoms with Crippen molar-refractivity contribution in [2.45, 2.75) is 45.1 Å². The lowest BCUT2D eigenvalue weighted by Gasteiger charge is -2.38. The zero-order chi connectivity index (χ0) is 21.7. The molecule has 0 spiro atoms. The van der Waals surface area contributed by atoms with Crippen molar-refractivity contribution in [1.82, 2.24) is 0 Å². The van der Waals surface area contributed by atoms with Crippen LogP contribution in [-0.2, 0) is 20.7 Å². The summed E-state index contributed by atoms with van der Waals surface area (Å²) in [6.45, 7) is 4.46. The lowest BCUT2D eigenvalue weighted by Crippen LogP contribution is -2.44. The van der Waals surface area contributed by atoms with Crippen molar-refractivity contribution in [1.29, 1.82) is 0 Å². The molecule has 160 valence electrons. The number of hydrogen-bond acceptors (Lipinski definition) is 5. The van der Waals surface area contributed by atoms with Gasteiger partial charge in [-0.15, -0.1) is 0 Å². The van der Waals surface area contributed by atoms with E-state index >= 15 is 0 Å². The second-order valence-corrected chi connectivity index (χ2v) is 7.40. The van der Waals surface area contributed by atoms with E-state index in [4.69, 9.17) is 14.2 Å². The van der Waals surface area contributed by atoms with E-state index in [1.165, 1.54) is 7.11 Å². The van der Waals surface area contributed by atoms with Crippen molar-refractivity contribution in [3.05, 3.63) is 53.6 Å². The van der Waals surface area contributed by atoms with Crippen LogP contribution in [0.4, 0.5) is 5.69 Å². The number of benzene rings is 2. The summed E-state index contributed by atoms with van der Waals surface area (Å²) in [5.41, 5.74) is 2.65. The highest BCUT2D eigenvalue weighted by Gasteiger charge is 2.37. The molecule has 1 aliphatic rings. The number of carbonyl (C=O) groups excluding carboxylic acids is 2. The molecule has 6 heteroatoms. The molecular formula is C24H29NO5. The first kappa shape index (κ1) is 21.7. The second kappa shape index (κ2) is 9.65. The summed E-state index contributed by atoms with van der Waals surface area (Å²) in [7, 11) is 3.01. The predicted molar refractivity (Wildman–Crippen MR) is 115 cm³/mol. The number of anilines is 1. The van der Waals surface area contributed by atoms with Gasteiger partial charge in [0.2, 0.25) is 5.91 Å². The minimum Gasteiger partial charge on any atom is -0.493 e. The van der Waals surface area contributed by atoms with Crippen molar-refractivity contribution in [2.75, 3.05) is 25.7 Å². The number of amides is 1. The maximum absolute atomic E-state index is 13.2. The van der Waals surface area contributed by atoms with Gasteiger partial charge in [0.15, 0.2) is 11.5 Å². The highest BCUT2D eigenvalue weighted by molar-refractivity contribution is 5.97. The molecule has 0 saturated carbocycles. The summed E-state index contributed by atoms with van der Waals surface area (Å²) in [6, 6.07) is 13.2. The first-order chi connectivity index (χ1) is 14.5. The Kier molecular flexibility index (Phi) is 6.98. The molecule has 1 aliphatic heterocycles. The number of para-hydroxylation sites is 1. The van der Waals surface area contributed by atoms with Gasteiger partial charge in [-0.25, -0.2) is 0 Å². The monoisotopic (exact) mass is 411 g/mol. The van der Waals surface area contributed by atoms with Gasteiger partial charge in [0.25, 0.3) is 0 Å². The molecule has 2 atom stereocenters. The average Bonchev–Trinajstić information content (AvgIpc) is 2.77. The Morgan fingerprint density at radius 3 is 2.57 bits per heavy atom. The predicted octanol–water partition coefficient (Wildman–Crippen LogP) is 4.11. The van der Waals surface area contributed by atoms with Crippen LogP contribution >= 0.6 is 0 Å². The standard InChI is InChI=1S/C24H29NO5/c1-5-30-21-12-10-17(15-22(21)28-3)11-13-23(26)25-16(2)14-19(24(27)29-4)18-8-6-7-9-20(18)25/h6-10,12,15-16,19H,5,11,13-14H2,1-4H3. The molecule has 3 rings (SSSR count). The average molecular weight is 411 g/mol. The fourth-order valence-corrected chi connectivity index (χ4v) is 4.07. The molecule has 1 heterocycles. The molecule has 0 N–H and O–H groups in total. The minimum atomic E-state index is -0.347. The van der Waals surface area contributed by atoms with Gasteiger partial charge in [-0.05, 0) is 56.0 Å². The molecular weight excluding hydrogens is 382 g/mol. The van der Waals surface area contributed by atoms with Crippen LogP contribution in [0.15, 0.2) is 42.5 Å². The zero-order valence-corrected chi connectivity index (χ0v) is 18.0.